The molecule has 0 fully saturated rings. The molecule has 1 aliphatic carbocycles. The van der Waals surface area contributed by atoms with Gasteiger partial charge in [0.05, 0.1) is 4.92 Å². The van der Waals surface area contributed by atoms with E-state index in [0.29, 0.717) is 18.4 Å². The highest BCUT2D eigenvalue weighted by Gasteiger charge is 2.49. The number of hydrogen-bond donors (Lipinski definition) is 0. The van der Waals surface area contributed by atoms with Crippen LogP contribution in [0.5, 0.6) is 5.75 Å². The summed E-state index contributed by atoms with van der Waals surface area (Å²) in [6.45, 7) is 0. The molecule has 1 aliphatic rings. The van der Waals surface area contributed by atoms with E-state index in [1.807, 2.05) is 0 Å². The van der Waals surface area contributed by atoms with Crippen molar-refractivity contribution in [1.29, 1.82) is 0 Å². The van der Waals surface area contributed by atoms with Gasteiger partial charge in [-0.2, -0.15) is 21.6 Å². The van der Waals surface area contributed by atoms with E-state index in [4.69, 9.17) is 0 Å². The number of fused-ring (bicyclic) bond motifs is 1. The molecular weight excluding hydrogens is 303 g/mol. The molecule has 1 aromatic carbocycles. The van der Waals surface area contributed by atoms with Crippen LogP contribution in [0.15, 0.2) is 12.1 Å². The third-order valence-electron chi connectivity index (χ3n) is 2.88. The van der Waals surface area contributed by atoms with Gasteiger partial charge >= 0.3 is 21.3 Å². The van der Waals surface area contributed by atoms with E-state index in [0.717, 1.165) is 6.07 Å². The molecule has 0 heterocycles. The van der Waals surface area contributed by atoms with Gasteiger partial charge in [-0.25, -0.2) is 0 Å². The zero-order valence-corrected chi connectivity index (χ0v) is 10.6. The second-order valence-corrected chi connectivity index (χ2v) is 5.68. The lowest BCUT2D eigenvalue weighted by Crippen LogP contribution is -2.28. The molecule has 0 amide bonds. The highest BCUT2D eigenvalue weighted by atomic mass is 32.2. The van der Waals surface area contributed by atoms with E-state index in [-0.39, 0.29) is 12.0 Å². The molecule has 110 valence electrons. The molecule has 0 N–H and O–H groups in total. The lowest BCUT2D eigenvalue weighted by atomic mass is 10.1. The molecule has 10 heteroatoms. The summed E-state index contributed by atoms with van der Waals surface area (Å²) in [6.07, 6.45) is 1.31. The van der Waals surface area contributed by atoms with Gasteiger partial charge in [-0.05, 0) is 24.8 Å². The largest absolute Gasteiger partial charge is 0.534 e. The maximum atomic E-state index is 12.3. The number of nitro groups is 1. The lowest BCUT2D eigenvalue weighted by Gasteiger charge is -2.12. The van der Waals surface area contributed by atoms with E-state index in [1.54, 1.807) is 0 Å². The Hall–Kier alpha value is -1.84. The molecule has 20 heavy (non-hydrogen) atoms. The molecule has 0 bridgehead atoms. The van der Waals surface area contributed by atoms with Gasteiger partial charge in [-0.1, -0.05) is 6.07 Å². The molecule has 0 spiro atoms. The first-order valence-electron chi connectivity index (χ1n) is 5.43. The first kappa shape index (κ1) is 14.6. The monoisotopic (exact) mass is 311 g/mol. The van der Waals surface area contributed by atoms with Crippen molar-refractivity contribution in [3.8, 4) is 5.75 Å². The number of aryl methyl sites for hydroxylation is 1. The molecule has 2 rings (SSSR count). The van der Waals surface area contributed by atoms with Gasteiger partial charge in [0.2, 0.25) is 5.75 Å². The Morgan fingerprint density at radius 1 is 1.25 bits per heavy atom. The fraction of sp³-hybridized carbons (Fsp3) is 0.400. The normalized spacial score (nSPS) is 14.9. The average molecular weight is 311 g/mol. The van der Waals surface area contributed by atoms with Gasteiger partial charge in [0.15, 0.2) is 0 Å². The average Bonchev–Trinajstić information content (AvgIpc) is 2.75. The van der Waals surface area contributed by atoms with Gasteiger partial charge in [-0.3, -0.25) is 10.1 Å². The first-order valence-corrected chi connectivity index (χ1v) is 6.84. The Kier molecular flexibility index (Phi) is 3.36. The van der Waals surface area contributed by atoms with Crippen molar-refractivity contribution in [2.45, 2.75) is 24.8 Å². The number of benzene rings is 1. The topological polar surface area (TPSA) is 86.5 Å². The lowest BCUT2D eigenvalue weighted by molar-refractivity contribution is -0.385. The molecule has 0 aromatic heterocycles. The first-order chi connectivity index (χ1) is 9.13. The van der Waals surface area contributed by atoms with Crippen LogP contribution in [0, 0.1) is 10.1 Å². The molecule has 0 atom stereocenters. The van der Waals surface area contributed by atoms with E-state index >= 15 is 0 Å². The second-order valence-electron chi connectivity index (χ2n) is 4.15. The molecule has 6 nitrogen and oxygen atoms in total. The minimum absolute atomic E-state index is 0.145. The number of nitro benzene ring substituents is 1. The SMILES string of the molecule is O=[N+]([O-])c1ccc2c(c1OS(=O)(=O)C(F)(F)F)CCC2. The third-order valence-corrected chi connectivity index (χ3v) is 3.84. The van der Waals surface area contributed by atoms with Gasteiger partial charge in [-0.15, -0.1) is 0 Å². The van der Waals surface area contributed by atoms with Crippen LogP contribution in [0.2, 0.25) is 0 Å². The molecule has 0 radical (unpaired) electrons. The van der Waals surface area contributed by atoms with Crippen LogP contribution in [0.25, 0.3) is 0 Å². The van der Waals surface area contributed by atoms with Crippen LogP contribution in [0.3, 0.4) is 0 Å². The minimum atomic E-state index is -5.93. The predicted octanol–water partition coefficient (Wildman–Crippen LogP) is 2.31. The highest BCUT2D eigenvalue weighted by Crippen LogP contribution is 2.40. The number of hydrogen-bond acceptors (Lipinski definition) is 5. The number of halogens is 3. The van der Waals surface area contributed by atoms with Gasteiger partial charge in [0.25, 0.3) is 0 Å². The summed E-state index contributed by atoms with van der Waals surface area (Å²) in [5, 5.41) is 10.8. The van der Waals surface area contributed by atoms with E-state index in [1.165, 1.54) is 6.07 Å². The summed E-state index contributed by atoms with van der Waals surface area (Å²) in [5.74, 6) is -0.831. The minimum Gasteiger partial charge on any atom is -0.368 e. The summed E-state index contributed by atoms with van der Waals surface area (Å²) >= 11 is 0. The van der Waals surface area contributed by atoms with Crippen LogP contribution in [-0.4, -0.2) is 18.8 Å². The van der Waals surface area contributed by atoms with E-state index < -0.39 is 32.0 Å². The van der Waals surface area contributed by atoms with Crippen LogP contribution in [-0.2, 0) is 23.0 Å². The third kappa shape index (κ3) is 2.42. The maximum Gasteiger partial charge on any atom is 0.534 e. The van der Waals surface area contributed by atoms with Crippen molar-refractivity contribution in [2.75, 3.05) is 0 Å². The van der Waals surface area contributed by atoms with Crippen LogP contribution >= 0.6 is 0 Å². The smallest absolute Gasteiger partial charge is 0.368 e. The Morgan fingerprint density at radius 2 is 1.90 bits per heavy atom. The van der Waals surface area contributed by atoms with Crippen LogP contribution < -0.4 is 4.18 Å². The van der Waals surface area contributed by atoms with Gasteiger partial charge < -0.3 is 4.18 Å². The summed E-state index contributed by atoms with van der Waals surface area (Å²) in [7, 11) is -5.93. The molecule has 0 unspecified atom stereocenters. The Balaban J connectivity index is 2.56. The van der Waals surface area contributed by atoms with Gasteiger partial charge in [0, 0.05) is 11.6 Å². The fourth-order valence-corrected chi connectivity index (χ4v) is 2.51. The van der Waals surface area contributed by atoms with Crippen molar-refractivity contribution in [1.82, 2.24) is 0 Å². The highest BCUT2D eigenvalue weighted by molar-refractivity contribution is 7.88. The zero-order valence-electron chi connectivity index (χ0n) is 9.81. The van der Waals surface area contributed by atoms with Crippen molar-refractivity contribution in [3.05, 3.63) is 33.4 Å². The number of alkyl halides is 3. The molecule has 0 saturated heterocycles. The maximum absolute atomic E-state index is 12.3. The second kappa shape index (κ2) is 4.62. The van der Waals surface area contributed by atoms with Crippen molar-refractivity contribution >= 4 is 15.8 Å². The quantitative estimate of drug-likeness (QED) is 0.370. The summed E-state index contributed by atoms with van der Waals surface area (Å²) in [4.78, 5) is 9.83. The standard InChI is InChI=1S/C10H8F3NO5S/c11-10(12,13)20(17,18)19-9-7-3-1-2-6(7)4-5-8(9)14(15)16/h4-5H,1-3H2. The predicted molar refractivity (Wildman–Crippen MR) is 60.7 cm³/mol. The molecule has 0 saturated carbocycles. The molecule has 1 aromatic rings. The fourth-order valence-electron chi connectivity index (χ4n) is 2.01. The van der Waals surface area contributed by atoms with Crippen LogP contribution in [0.4, 0.5) is 18.9 Å². The van der Waals surface area contributed by atoms with Crippen LogP contribution in [0.1, 0.15) is 17.5 Å². The summed E-state index contributed by atoms with van der Waals surface area (Å²) in [5.41, 5.74) is -5.73. The Labute approximate surface area is 111 Å². The molecular formula is C10H8F3NO5S. The Bertz CT molecular complexity index is 668. The van der Waals surface area contributed by atoms with Crippen molar-refractivity contribution in [2.24, 2.45) is 0 Å². The number of rotatable bonds is 3. The van der Waals surface area contributed by atoms with Crippen molar-refractivity contribution in [3.63, 3.8) is 0 Å². The van der Waals surface area contributed by atoms with E-state index in [9.17, 15) is 31.7 Å². The summed E-state index contributed by atoms with van der Waals surface area (Å²) < 4.78 is 63.0. The van der Waals surface area contributed by atoms with Crippen molar-refractivity contribution < 1.29 is 30.7 Å². The zero-order chi connectivity index (χ0) is 15.1. The van der Waals surface area contributed by atoms with Gasteiger partial charge in [0.1, 0.15) is 0 Å². The molecule has 0 aliphatic heterocycles. The Morgan fingerprint density at radius 3 is 2.45 bits per heavy atom. The summed E-state index contributed by atoms with van der Waals surface area (Å²) in [6, 6.07) is 2.35. The van der Waals surface area contributed by atoms with E-state index in [2.05, 4.69) is 4.18 Å². The number of nitrogens with zero attached hydrogens (tertiary/aromatic N) is 1.